The molecule has 0 saturated heterocycles. The average molecular weight is 570 g/mol. The fraction of sp³-hybridized carbons (Fsp3) is 0.226. The molecule has 5 aromatic rings. The van der Waals surface area contributed by atoms with Gasteiger partial charge in [0.25, 0.3) is 0 Å². The van der Waals surface area contributed by atoms with Crippen LogP contribution >= 0.6 is 11.3 Å². The van der Waals surface area contributed by atoms with Crippen LogP contribution in [0.2, 0.25) is 0 Å². The van der Waals surface area contributed by atoms with Crippen LogP contribution in [0.3, 0.4) is 0 Å². The number of nitrogens with one attached hydrogen (secondary N) is 2. The number of methoxy groups -OCH3 is 2. The molecule has 0 aliphatic rings. The Morgan fingerprint density at radius 3 is 2.46 bits per heavy atom. The van der Waals surface area contributed by atoms with Crippen LogP contribution in [0, 0.1) is 0 Å². The number of benzene rings is 3. The SMILES string of the molecule is COc1ccc(Nc2nc(-c3cccc(CNc4ccc(C(=O)O)c(C(C)(C)C)c4)c3)nc3scnc23)cc1OC. The summed E-state index contributed by atoms with van der Waals surface area (Å²) in [6.07, 6.45) is 0. The summed E-state index contributed by atoms with van der Waals surface area (Å²) in [5, 5.41) is 16.4. The third-order valence-corrected chi connectivity index (χ3v) is 7.30. The Kier molecular flexibility index (Phi) is 7.76. The molecule has 3 N–H and O–H groups in total. The number of anilines is 3. The number of aromatic carboxylic acids is 1. The zero-order valence-electron chi connectivity index (χ0n) is 23.5. The smallest absolute Gasteiger partial charge is 0.335 e. The molecule has 3 aromatic carbocycles. The molecule has 0 radical (unpaired) electrons. The van der Waals surface area contributed by atoms with Crippen molar-refractivity contribution in [3.05, 3.63) is 82.9 Å². The van der Waals surface area contributed by atoms with Gasteiger partial charge in [0, 0.05) is 29.5 Å². The van der Waals surface area contributed by atoms with Gasteiger partial charge in [0.2, 0.25) is 0 Å². The normalized spacial score (nSPS) is 11.3. The number of thiazole rings is 1. The fourth-order valence-electron chi connectivity index (χ4n) is 4.51. The third kappa shape index (κ3) is 6.07. The first-order valence-electron chi connectivity index (χ1n) is 13.0. The van der Waals surface area contributed by atoms with Crippen LogP contribution in [-0.4, -0.2) is 40.2 Å². The summed E-state index contributed by atoms with van der Waals surface area (Å²) < 4.78 is 10.8. The Bertz CT molecular complexity index is 1730. The molecule has 10 heteroatoms. The van der Waals surface area contributed by atoms with E-state index in [0.29, 0.717) is 40.8 Å². The van der Waals surface area contributed by atoms with Crippen molar-refractivity contribution < 1.29 is 19.4 Å². The maximum absolute atomic E-state index is 11.7. The summed E-state index contributed by atoms with van der Waals surface area (Å²) in [5.74, 6) is 1.49. The van der Waals surface area contributed by atoms with E-state index in [9.17, 15) is 9.90 Å². The zero-order chi connectivity index (χ0) is 29.1. The second kappa shape index (κ2) is 11.4. The average Bonchev–Trinajstić information content (AvgIpc) is 3.45. The van der Waals surface area contributed by atoms with Crippen molar-refractivity contribution in [1.29, 1.82) is 0 Å². The molecule has 41 heavy (non-hydrogen) atoms. The quantitative estimate of drug-likeness (QED) is 0.170. The lowest BCUT2D eigenvalue weighted by Gasteiger charge is -2.22. The summed E-state index contributed by atoms with van der Waals surface area (Å²) in [7, 11) is 3.20. The minimum Gasteiger partial charge on any atom is -0.493 e. The second-order valence-electron chi connectivity index (χ2n) is 10.5. The van der Waals surface area contributed by atoms with Crippen LogP contribution in [0.4, 0.5) is 17.2 Å². The van der Waals surface area contributed by atoms with E-state index >= 15 is 0 Å². The maximum atomic E-state index is 11.7. The summed E-state index contributed by atoms with van der Waals surface area (Å²) in [6, 6.07) is 19.0. The standard InChI is InChI=1S/C31H31N5O4S/c1-31(2,3)23-14-20(9-11-22(23)30(37)38)32-16-18-7-6-8-19(13-18)27-35-28(26-29(36-27)41-17-33-26)34-21-10-12-24(39-4)25(15-21)40-5/h6-15,17,32H,16H2,1-5H3,(H,37,38)(H,34,35,36). The molecule has 0 aliphatic heterocycles. The predicted molar refractivity (Wildman–Crippen MR) is 163 cm³/mol. The van der Waals surface area contributed by atoms with Gasteiger partial charge in [-0.25, -0.2) is 19.7 Å². The van der Waals surface area contributed by atoms with Crippen LogP contribution < -0.4 is 20.1 Å². The van der Waals surface area contributed by atoms with Crippen LogP contribution in [0.25, 0.3) is 21.7 Å². The monoisotopic (exact) mass is 569 g/mol. The van der Waals surface area contributed by atoms with Crippen molar-refractivity contribution in [2.75, 3.05) is 24.9 Å². The van der Waals surface area contributed by atoms with Crippen molar-refractivity contribution in [3.8, 4) is 22.9 Å². The minimum atomic E-state index is -0.924. The summed E-state index contributed by atoms with van der Waals surface area (Å²) in [4.78, 5) is 26.6. The number of aromatic nitrogens is 3. The molecule has 2 heterocycles. The van der Waals surface area contributed by atoms with E-state index in [0.717, 1.165) is 32.9 Å². The number of hydrogen-bond acceptors (Lipinski definition) is 9. The van der Waals surface area contributed by atoms with Gasteiger partial charge >= 0.3 is 5.97 Å². The van der Waals surface area contributed by atoms with Gasteiger partial charge in [0.05, 0.1) is 25.3 Å². The Balaban J connectivity index is 1.41. The first kappa shape index (κ1) is 27.9. The molecule has 0 bridgehead atoms. The molecular weight excluding hydrogens is 538 g/mol. The Labute approximate surface area is 242 Å². The van der Waals surface area contributed by atoms with Crippen LogP contribution in [0.5, 0.6) is 11.5 Å². The van der Waals surface area contributed by atoms with Gasteiger partial charge in [-0.3, -0.25) is 0 Å². The summed E-state index contributed by atoms with van der Waals surface area (Å²) in [5.41, 5.74) is 6.77. The number of carbonyl (C=O) groups is 1. The van der Waals surface area contributed by atoms with Gasteiger partial charge in [-0.05, 0) is 52.9 Å². The van der Waals surface area contributed by atoms with E-state index in [-0.39, 0.29) is 5.41 Å². The van der Waals surface area contributed by atoms with Gasteiger partial charge in [-0.2, -0.15) is 0 Å². The number of hydrogen-bond donors (Lipinski definition) is 3. The number of carboxylic acid groups (broad SMARTS) is 1. The van der Waals surface area contributed by atoms with E-state index in [1.807, 2.05) is 69.3 Å². The van der Waals surface area contributed by atoms with E-state index in [1.54, 1.807) is 31.9 Å². The number of fused-ring (bicyclic) bond motifs is 1. The first-order chi connectivity index (χ1) is 19.7. The lowest BCUT2D eigenvalue weighted by molar-refractivity contribution is 0.0694. The molecule has 0 spiro atoms. The highest BCUT2D eigenvalue weighted by atomic mass is 32.1. The summed E-state index contributed by atoms with van der Waals surface area (Å²) in [6.45, 7) is 6.58. The Hall–Kier alpha value is -4.70. The molecule has 0 unspecified atom stereocenters. The maximum Gasteiger partial charge on any atom is 0.335 e. The van der Waals surface area contributed by atoms with Gasteiger partial charge in [0.15, 0.2) is 23.1 Å². The predicted octanol–water partition coefficient (Wildman–Crippen LogP) is 7.12. The largest absolute Gasteiger partial charge is 0.493 e. The topological polar surface area (TPSA) is 118 Å². The number of carboxylic acids is 1. The molecule has 210 valence electrons. The Morgan fingerprint density at radius 2 is 1.73 bits per heavy atom. The Morgan fingerprint density at radius 1 is 0.951 bits per heavy atom. The highest BCUT2D eigenvalue weighted by molar-refractivity contribution is 7.16. The minimum absolute atomic E-state index is 0.305. The van der Waals surface area contributed by atoms with Crippen LogP contribution in [-0.2, 0) is 12.0 Å². The molecule has 9 nitrogen and oxygen atoms in total. The number of rotatable bonds is 9. The molecular formula is C31H31N5O4S. The second-order valence-corrected chi connectivity index (χ2v) is 11.3. The van der Waals surface area contributed by atoms with Crippen molar-refractivity contribution in [1.82, 2.24) is 15.0 Å². The van der Waals surface area contributed by atoms with Gasteiger partial charge in [-0.1, -0.05) is 39.0 Å². The van der Waals surface area contributed by atoms with Crippen LogP contribution in [0.1, 0.15) is 42.3 Å². The number of ether oxygens (including phenoxy) is 2. The molecule has 0 amide bonds. The molecule has 0 fully saturated rings. The van der Waals surface area contributed by atoms with Crippen LogP contribution in [0.15, 0.2) is 66.2 Å². The first-order valence-corrected chi connectivity index (χ1v) is 13.9. The van der Waals surface area contributed by atoms with E-state index in [2.05, 4.69) is 15.6 Å². The van der Waals surface area contributed by atoms with E-state index in [1.165, 1.54) is 11.3 Å². The van der Waals surface area contributed by atoms with Gasteiger partial charge < -0.3 is 25.2 Å². The third-order valence-electron chi connectivity index (χ3n) is 6.58. The van der Waals surface area contributed by atoms with Crippen molar-refractivity contribution in [2.45, 2.75) is 32.7 Å². The molecule has 5 rings (SSSR count). The lowest BCUT2D eigenvalue weighted by Crippen LogP contribution is -2.17. The van der Waals surface area contributed by atoms with Gasteiger partial charge in [-0.15, -0.1) is 11.3 Å². The van der Waals surface area contributed by atoms with Crippen molar-refractivity contribution >= 4 is 44.8 Å². The van der Waals surface area contributed by atoms with Gasteiger partial charge in [0.1, 0.15) is 10.3 Å². The fourth-order valence-corrected chi connectivity index (χ4v) is 5.17. The van der Waals surface area contributed by atoms with Crippen molar-refractivity contribution in [3.63, 3.8) is 0 Å². The van der Waals surface area contributed by atoms with Crippen molar-refractivity contribution in [2.24, 2.45) is 0 Å². The molecule has 0 aliphatic carbocycles. The van der Waals surface area contributed by atoms with E-state index < -0.39 is 5.97 Å². The van der Waals surface area contributed by atoms with E-state index in [4.69, 9.17) is 19.4 Å². The summed E-state index contributed by atoms with van der Waals surface area (Å²) >= 11 is 1.45. The molecule has 0 atom stereocenters. The molecule has 2 aromatic heterocycles. The highest BCUT2D eigenvalue weighted by Gasteiger charge is 2.22. The lowest BCUT2D eigenvalue weighted by atomic mass is 9.83. The highest BCUT2D eigenvalue weighted by Crippen LogP contribution is 2.34. The molecule has 0 saturated carbocycles. The zero-order valence-corrected chi connectivity index (χ0v) is 24.3. The number of nitrogens with zero attached hydrogens (tertiary/aromatic N) is 3.